The van der Waals surface area contributed by atoms with Crippen molar-refractivity contribution in [2.24, 2.45) is 0 Å². The number of terminal acetylenes is 1. The topological polar surface area (TPSA) is 62.1 Å². The standard InChI is InChI=1S/C21H17BrN2O2/c1-4-10-26-20-9-8-16(12-18(20)22)11-17(13-23)21(25)24-19-7-5-6-14(2)15(19)3/h1,5-9,11-12H,10H2,2-3H3,(H,24,25)/b17-11+. The van der Waals surface area contributed by atoms with Crippen LogP contribution in [0.3, 0.4) is 0 Å². The van der Waals surface area contributed by atoms with Crippen molar-refractivity contribution in [3.05, 3.63) is 63.1 Å². The van der Waals surface area contributed by atoms with Crippen LogP contribution in [0.15, 0.2) is 46.4 Å². The maximum absolute atomic E-state index is 12.4. The van der Waals surface area contributed by atoms with Gasteiger partial charge in [0.1, 0.15) is 24.0 Å². The number of ether oxygens (including phenoxy) is 1. The maximum Gasteiger partial charge on any atom is 0.266 e. The van der Waals surface area contributed by atoms with Crippen LogP contribution < -0.4 is 10.1 Å². The molecule has 0 fully saturated rings. The fourth-order valence-electron chi connectivity index (χ4n) is 2.23. The molecule has 5 heteroatoms. The van der Waals surface area contributed by atoms with Crippen molar-refractivity contribution in [2.45, 2.75) is 13.8 Å². The van der Waals surface area contributed by atoms with E-state index in [1.807, 2.05) is 38.1 Å². The molecule has 0 aromatic heterocycles. The third kappa shape index (κ3) is 4.75. The van der Waals surface area contributed by atoms with Gasteiger partial charge < -0.3 is 10.1 Å². The average molecular weight is 409 g/mol. The van der Waals surface area contributed by atoms with Gasteiger partial charge in [0, 0.05) is 5.69 Å². The van der Waals surface area contributed by atoms with E-state index < -0.39 is 5.91 Å². The smallest absolute Gasteiger partial charge is 0.266 e. The first-order chi connectivity index (χ1) is 12.5. The lowest BCUT2D eigenvalue weighted by Crippen LogP contribution is -2.14. The van der Waals surface area contributed by atoms with Crippen LogP contribution >= 0.6 is 15.9 Å². The molecule has 130 valence electrons. The van der Waals surface area contributed by atoms with E-state index in [1.165, 1.54) is 6.08 Å². The SMILES string of the molecule is C#CCOc1ccc(/C=C(\C#N)C(=O)Nc2cccc(C)c2C)cc1Br. The summed E-state index contributed by atoms with van der Waals surface area (Å²) in [7, 11) is 0. The third-order valence-corrected chi connectivity index (χ3v) is 4.42. The van der Waals surface area contributed by atoms with Crippen LogP contribution in [0.2, 0.25) is 0 Å². The minimum absolute atomic E-state index is 0.00935. The Morgan fingerprint density at radius 1 is 1.35 bits per heavy atom. The van der Waals surface area contributed by atoms with Crippen LogP contribution in [-0.2, 0) is 4.79 Å². The number of aryl methyl sites for hydroxylation is 1. The van der Waals surface area contributed by atoms with Crippen molar-refractivity contribution in [2.75, 3.05) is 11.9 Å². The maximum atomic E-state index is 12.4. The zero-order valence-electron chi connectivity index (χ0n) is 14.5. The van der Waals surface area contributed by atoms with E-state index >= 15 is 0 Å². The van der Waals surface area contributed by atoms with Gasteiger partial charge in [-0.15, -0.1) is 6.42 Å². The Balaban J connectivity index is 2.23. The summed E-state index contributed by atoms with van der Waals surface area (Å²) in [5.41, 5.74) is 3.43. The number of anilines is 1. The van der Waals surface area contributed by atoms with E-state index in [2.05, 4.69) is 27.2 Å². The highest BCUT2D eigenvalue weighted by atomic mass is 79.9. The van der Waals surface area contributed by atoms with Crippen LogP contribution in [0.4, 0.5) is 5.69 Å². The molecule has 26 heavy (non-hydrogen) atoms. The number of hydrogen-bond donors (Lipinski definition) is 1. The zero-order chi connectivity index (χ0) is 19.1. The highest BCUT2D eigenvalue weighted by molar-refractivity contribution is 9.10. The molecule has 1 amide bonds. The lowest BCUT2D eigenvalue weighted by Gasteiger charge is -2.10. The predicted octanol–water partition coefficient (Wildman–Crippen LogP) is 4.62. The highest BCUT2D eigenvalue weighted by Crippen LogP contribution is 2.27. The lowest BCUT2D eigenvalue weighted by atomic mass is 10.1. The molecular weight excluding hydrogens is 392 g/mol. The second kappa shape index (κ2) is 8.89. The minimum Gasteiger partial charge on any atom is -0.480 e. The molecule has 0 aliphatic heterocycles. The average Bonchev–Trinajstić information content (AvgIpc) is 2.62. The molecule has 0 radical (unpaired) electrons. The molecule has 0 saturated carbocycles. The molecule has 2 rings (SSSR count). The molecule has 4 nitrogen and oxygen atoms in total. The monoisotopic (exact) mass is 408 g/mol. The molecule has 0 saturated heterocycles. The van der Waals surface area contributed by atoms with E-state index in [1.54, 1.807) is 18.2 Å². The molecule has 0 spiro atoms. The Kier molecular flexibility index (Phi) is 6.60. The number of nitrogens with zero attached hydrogens (tertiary/aromatic N) is 1. The van der Waals surface area contributed by atoms with Gasteiger partial charge in [0.25, 0.3) is 5.91 Å². The Morgan fingerprint density at radius 3 is 2.77 bits per heavy atom. The normalized spacial score (nSPS) is 10.6. The first-order valence-corrected chi connectivity index (χ1v) is 8.60. The Labute approximate surface area is 161 Å². The third-order valence-electron chi connectivity index (χ3n) is 3.80. The van der Waals surface area contributed by atoms with Crippen LogP contribution in [0, 0.1) is 37.5 Å². The summed E-state index contributed by atoms with van der Waals surface area (Å²) >= 11 is 3.39. The summed E-state index contributed by atoms with van der Waals surface area (Å²) in [5, 5.41) is 12.1. The fraction of sp³-hybridized carbons (Fsp3) is 0.143. The lowest BCUT2D eigenvalue weighted by molar-refractivity contribution is -0.112. The molecule has 0 heterocycles. The van der Waals surface area contributed by atoms with Crippen LogP contribution in [0.1, 0.15) is 16.7 Å². The van der Waals surface area contributed by atoms with Gasteiger partial charge in [0.2, 0.25) is 0 Å². The number of amides is 1. The fourth-order valence-corrected chi connectivity index (χ4v) is 2.75. The molecule has 0 unspecified atom stereocenters. The summed E-state index contributed by atoms with van der Waals surface area (Å²) in [4.78, 5) is 12.4. The predicted molar refractivity (Wildman–Crippen MR) is 107 cm³/mol. The molecule has 0 atom stereocenters. The number of benzene rings is 2. The number of hydrogen-bond acceptors (Lipinski definition) is 3. The van der Waals surface area contributed by atoms with Gasteiger partial charge in [-0.3, -0.25) is 4.79 Å². The van der Waals surface area contributed by atoms with Gasteiger partial charge in [-0.25, -0.2) is 0 Å². The zero-order valence-corrected chi connectivity index (χ0v) is 16.1. The number of nitriles is 1. The Morgan fingerprint density at radius 2 is 2.12 bits per heavy atom. The number of carbonyl (C=O) groups is 1. The largest absolute Gasteiger partial charge is 0.480 e. The van der Waals surface area contributed by atoms with Crippen molar-refractivity contribution in [1.29, 1.82) is 5.26 Å². The van der Waals surface area contributed by atoms with Crippen molar-refractivity contribution < 1.29 is 9.53 Å². The molecule has 0 bridgehead atoms. The number of carbonyl (C=O) groups excluding carboxylic acids is 1. The summed E-state index contributed by atoms with van der Waals surface area (Å²) in [6.07, 6.45) is 6.70. The van der Waals surface area contributed by atoms with Crippen LogP contribution in [0.5, 0.6) is 5.75 Å². The molecule has 2 aromatic rings. The molecule has 0 aliphatic rings. The molecule has 0 aliphatic carbocycles. The van der Waals surface area contributed by atoms with Gasteiger partial charge in [0.15, 0.2) is 0 Å². The highest BCUT2D eigenvalue weighted by Gasteiger charge is 2.12. The van der Waals surface area contributed by atoms with Crippen LogP contribution in [-0.4, -0.2) is 12.5 Å². The first kappa shape index (κ1) is 19.3. The van der Waals surface area contributed by atoms with Crippen molar-refractivity contribution in [1.82, 2.24) is 0 Å². The van der Waals surface area contributed by atoms with E-state index in [4.69, 9.17) is 11.2 Å². The Bertz CT molecular complexity index is 949. The molecular formula is C21H17BrN2O2. The number of halogens is 1. The van der Waals surface area contributed by atoms with Crippen LogP contribution in [0.25, 0.3) is 6.08 Å². The molecule has 2 aromatic carbocycles. The minimum atomic E-state index is -0.454. The summed E-state index contributed by atoms with van der Waals surface area (Å²) < 4.78 is 6.06. The molecule has 1 N–H and O–H groups in total. The second-order valence-corrected chi connectivity index (χ2v) is 6.41. The van der Waals surface area contributed by atoms with E-state index in [0.717, 1.165) is 11.1 Å². The van der Waals surface area contributed by atoms with Gasteiger partial charge in [-0.05, 0) is 70.7 Å². The van der Waals surface area contributed by atoms with Gasteiger partial charge in [0.05, 0.1) is 4.47 Å². The van der Waals surface area contributed by atoms with E-state index in [-0.39, 0.29) is 12.2 Å². The van der Waals surface area contributed by atoms with Gasteiger partial charge >= 0.3 is 0 Å². The first-order valence-electron chi connectivity index (χ1n) is 7.81. The summed E-state index contributed by atoms with van der Waals surface area (Å²) in [6, 6.07) is 12.8. The van der Waals surface area contributed by atoms with Gasteiger partial charge in [-0.1, -0.05) is 24.1 Å². The summed E-state index contributed by atoms with van der Waals surface area (Å²) in [5.74, 6) is 2.54. The number of rotatable bonds is 5. The number of nitrogens with one attached hydrogen (secondary N) is 1. The van der Waals surface area contributed by atoms with Crippen molar-refractivity contribution in [3.63, 3.8) is 0 Å². The Hall–Kier alpha value is -3.02. The van der Waals surface area contributed by atoms with E-state index in [9.17, 15) is 10.1 Å². The van der Waals surface area contributed by atoms with Crippen molar-refractivity contribution in [3.8, 4) is 24.2 Å². The summed E-state index contributed by atoms with van der Waals surface area (Å²) in [6.45, 7) is 4.05. The second-order valence-electron chi connectivity index (χ2n) is 5.55. The van der Waals surface area contributed by atoms with Gasteiger partial charge in [-0.2, -0.15) is 5.26 Å². The van der Waals surface area contributed by atoms with E-state index in [0.29, 0.717) is 21.5 Å². The quantitative estimate of drug-likeness (QED) is 0.445. The van der Waals surface area contributed by atoms with Crippen molar-refractivity contribution >= 4 is 33.6 Å².